The Morgan fingerprint density at radius 1 is 0.955 bits per heavy atom. The van der Waals surface area contributed by atoms with Crippen LogP contribution < -0.4 is 20.3 Å². The predicted octanol–water partition coefficient (Wildman–Crippen LogP) is 3.32. The van der Waals surface area contributed by atoms with Crippen molar-refractivity contribution in [3.05, 3.63) is 58.7 Å². The summed E-state index contributed by atoms with van der Waals surface area (Å²) >= 11 is 0. The van der Waals surface area contributed by atoms with Crippen LogP contribution in [0.5, 0.6) is 5.75 Å². The molecule has 3 aliphatic rings. The van der Waals surface area contributed by atoms with Crippen molar-refractivity contribution < 1.29 is 40.7 Å². The fourth-order valence-electron chi connectivity index (χ4n) is 5.90. The highest BCUT2D eigenvalue weighted by Gasteiger charge is 2.48. The molecule has 0 unspecified atom stereocenters. The summed E-state index contributed by atoms with van der Waals surface area (Å²) in [6.07, 6.45) is -4.30. The number of imide groups is 1. The SMILES string of the molecule is Cc1cc(N2C(=O)NC(=O)C2(C)C)cc(C)c1CCS(=O)(=O)N1CCC2(CC1)N=C(c1ccc(OC(F)(F)F)cc1)NC2=O. The van der Waals surface area contributed by atoms with E-state index in [-0.39, 0.29) is 49.8 Å². The second-order valence-corrected chi connectivity index (χ2v) is 13.8. The fourth-order valence-corrected chi connectivity index (χ4v) is 7.36. The van der Waals surface area contributed by atoms with Crippen molar-refractivity contribution in [2.75, 3.05) is 23.7 Å². The highest BCUT2D eigenvalue weighted by Crippen LogP contribution is 2.34. The van der Waals surface area contributed by atoms with Gasteiger partial charge in [-0.2, -0.15) is 0 Å². The number of sulfonamides is 1. The van der Waals surface area contributed by atoms with Gasteiger partial charge in [0.05, 0.1) is 5.75 Å². The molecule has 44 heavy (non-hydrogen) atoms. The number of amidine groups is 1. The average molecular weight is 636 g/mol. The van der Waals surface area contributed by atoms with Crippen LogP contribution in [0.3, 0.4) is 0 Å². The molecule has 0 atom stereocenters. The van der Waals surface area contributed by atoms with E-state index in [0.717, 1.165) is 28.8 Å². The number of aryl methyl sites for hydroxylation is 2. The molecule has 2 fully saturated rings. The minimum Gasteiger partial charge on any atom is -0.406 e. The predicted molar refractivity (Wildman–Crippen MR) is 155 cm³/mol. The number of amides is 4. The van der Waals surface area contributed by atoms with Crippen molar-refractivity contribution in [2.45, 2.75) is 64.4 Å². The van der Waals surface area contributed by atoms with E-state index in [1.165, 1.54) is 21.3 Å². The van der Waals surface area contributed by atoms with E-state index in [4.69, 9.17) is 0 Å². The Labute approximate surface area is 252 Å². The van der Waals surface area contributed by atoms with Crippen LogP contribution in [-0.4, -0.2) is 72.7 Å². The quantitative estimate of drug-likeness (QED) is 0.448. The Bertz CT molecular complexity index is 1640. The van der Waals surface area contributed by atoms with Crippen LogP contribution in [0.25, 0.3) is 0 Å². The number of piperidine rings is 1. The molecule has 3 heterocycles. The fraction of sp³-hybridized carbons (Fsp3) is 0.448. The van der Waals surface area contributed by atoms with Crippen molar-refractivity contribution >= 4 is 39.4 Å². The van der Waals surface area contributed by atoms with Crippen LogP contribution in [-0.2, 0) is 26.0 Å². The minimum atomic E-state index is -4.83. The monoisotopic (exact) mass is 635 g/mol. The molecule has 2 saturated heterocycles. The number of rotatable bonds is 7. The summed E-state index contributed by atoms with van der Waals surface area (Å²) in [5.74, 6) is -1.15. The molecular weight excluding hydrogens is 603 g/mol. The number of anilines is 1. The van der Waals surface area contributed by atoms with Gasteiger partial charge in [-0.25, -0.2) is 17.5 Å². The summed E-state index contributed by atoms with van der Waals surface area (Å²) < 4.78 is 69.3. The van der Waals surface area contributed by atoms with Gasteiger partial charge in [0, 0.05) is 24.3 Å². The number of nitrogens with zero attached hydrogens (tertiary/aromatic N) is 3. The molecule has 3 aliphatic heterocycles. The van der Waals surface area contributed by atoms with Gasteiger partial charge in [0.25, 0.3) is 11.8 Å². The normalized spacial score (nSPS) is 20.1. The molecule has 0 aliphatic carbocycles. The molecule has 4 amide bonds. The first-order chi connectivity index (χ1) is 20.4. The molecule has 11 nitrogen and oxygen atoms in total. The summed E-state index contributed by atoms with van der Waals surface area (Å²) in [5.41, 5.74) is 1.12. The molecule has 236 valence electrons. The van der Waals surface area contributed by atoms with Gasteiger partial charge < -0.3 is 10.1 Å². The van der Waals surface area contributed by atoms with Crippen LogP contribution in [0.1, 0.15) is 48.9 Å². The Morgan fingerprint density at radius 3 is 2.07 bits per heavy atom. The van der Waals surface area contributed by atoms with Gasteiger partial charge in [0.15, 0.2) is 0 Å². The Morgan fingerprint density at radius 2 is 1.55 bits per heavy atom. The van der Waals surface area contributed by atoms with Gasteiger partial charge in [0.1, 0.15) is 22.7 Å². The Hall–Kier alpha value is -3.98. The molecule has 2 N–H and O–H groups in total. The zero-order chi connectivity index (χ0) is 32.2. The highest BCUT2D eigenvalue weighted by molar-refractivity contribution is 7.89. The first-order valence-corrected chi connectivity index (χ1v) is 15.5. The van der Waals surface area contributed by atoms with Crippen LogP contribution in [0.2, 0.25) is 0 Å². The summed E-state index contributed by atoms with van der Waals surface area (Å²) in [6.45, 7) is 7.12. The molecule has 1 spiro atoms. The number of hydrogen-bond donors (Lipinski definition) is 2. The number of nitrogens with one attached hydrogen (secondary N) is 2. The summed E-state index contributed by atoms with van der Waals surface area (Å²) in [5, 5.41) is 5.00. The first kappa shape index (κ1) is 31.4. The lowest BCUT2D eigenvalue weighted by molar-refractivity contribution is -0.274. The van der Waals surface area contributed by atoms with E-state index in [0.29, 0.717) is 11.3 Å². The van der Waals surface area contributed by atoms with Crippen molar-refractivity contribution in [1.29, 1.82) is 0 Å². The highest BCUT2D eigenvalue weighted by atomic mass is 32.2. The van der Waals surface area contributed by atoms with Gasteiger partial charge in [-0.1, -0.05) is 0 Å². The molecule has 2 aromatic carbocycles. The zero-order valence-corrected chi connectivity index (χ0v) is 25.4. The Kier molecular flexibility index (Phi) is 7.77. The van der Waals surface area contributed by atoms with Crippen molar-refractivity contribution in [2.24, 2.45) is 4.99 Å². The lowest BCUT2D eigenvalue weighted by Crippen LogP contribution is -2.50. The van der Waals surface area contributed by atoms with Crippen LogP contribution in [0.15, 0.2) is 41.4 Å². The second kappa shape index (κ2) is 10.9. The largest absolute Gasteiger partial charge is 0.573 e. The molecule has 2 aromatic rings. The maximum Gasteiger partial charge on any atom is 0.573 e. The number of carbonyl (C=O) groups is 3. The third kappa shape index (κ3) is 5.89. The Balaban J connectivity index is 1.23. The van der Waals surface area contributed by atoms with Crippen molar-refractivity contribution in [3.8, 4) is 5.75 Å². The number of halogens is 3. The summed E-state index contributed by atoms with van der Waals surface area (Å²) in [7, 11) is -3.70. The summed E-state index contributed by atoms with van der Waals surface area (Å²) in [6, 6.07) is 7.98. The molecule has 0 radical (unpaired) electrons. The van der Waals surface area contributed by atoms with Gasteiger partial charge in [-0.3, -0.25) is 24.8 Å². The van der Waals surface area contributed by atoms with E-state index >= 15 is 0 Å². The van der Waals surface area contributed by atoms with Gasteiger partial charge in [-0.15, -0.1) is 13.2 Å². The number of benzene rings is 2. The maximum absolute atomic E-state index is 13.3. The molecule has 0 saturated carbocycles. The lowest BCUT2D eigenvalue weighted by Gasteiger charge is -2.34. The topological polar surface area (TPSA) is 137 Å². The van der Waals surface area contributed by atoms with Gasteiger partial charge in [-0.05, 0) is 100 Å². The molecule has 0 bridgehead atoms. The average Bonchev–Trinajstić information content (AvgIpc) is 3.33. The standard InChI is InChI=1S/C29H32F3N5O6S/c1-17-15-20(37-26(40)34-24(38)27(37,3)4)16-18(2)22(17)9-14-44(41,42)36-12-10-28(11-13-36)25(39)33-23(35-28)19-5-7-21(8-6-19)43-29(30,31)32/h5-8,15-16H,9-14H2,1-4H3,(H,33,35,39)(H,34,38,40). The van der Waals surface area contributed by atoms with E-state index < -0.39 is 45.2 Å². The minimum absolute atomic E-state index is 0.0784. The smallest absolute Gasteiger partial charge is 0.406 e. The number of alkyl halides is 3. The van der Waals surface area contributed by atoms with E-state index in [1.54, 1.807) is 26.0 Å². The zero-order valence-electron chi connectivity index (χ0n) is 24.5. The van der Waals surface area contributed by atoms with Gasteiger partial charge >= 0.3 is 12.4 Å². The number of hydrogen-bond acceptors (Lipinski definition) is 7. The maximum atomic E-state index is 13.3. The van der Waals surface area contributed by atoms with Crippen LogP contribution in [0.4, 0.5) is 23.7 Å². The van der Waals surface area contributed by atoms with Crippen molar-refractivity contribution in [3.63, 3.8) is 0 Å². The van der Waals surface area contributed by atoms with Crippen molar-refractivity contribution in [1.82, 2.24) is 14.9 Å². The van der Waals surface area contributed by atoms with E-state index in [2.05, 4.69) is 20.4 Å². The number of urea groups is 1. The molecular formula is C29H32F3N5O6S. The number of aliphatic imine (C=N–C) groups is 1. The molecule has 0 aromatic heterocycles. The third-order valence-electron chi connectivity index (χ3n) is 8.37. The van der Waals surface area contributed by atoms with E-state index in [9.17, 15) is 36.0 Å². The van der Waals surface area contributed by atoms with Crippen LogP contribution >= 0.6 is 0 Å². The number of carbonyl (C=O) groups excluding carboxylic acids is 3. The lowest BCUT2D eigenvalue weighted by atomic mass is 9.89. The molecule has 5 rings (SSSR count). The summed E-state index contributed by atoms with van der Waals surface area (Å²) in [4.78, 5) is 43.5. The van der Waals surface area contributed by atoms with E-state index in [1.807, 2.05) is 13.8 Å². The second-order valence-electron chi connectivity index (χ2n) is 11.7. The van der Waals surface area contributed by atoms with Gasteiger partial charge in [0.2, 0.25) is 10.0 Å². The first-order valence-electron chi connectivity index (χ1n) is 13.9. The number of ether oxygens (including phenoxy) is 1. The third-order valence-corrected chi connectivity index (χ3v) is 10.2. The molecule has 15 heteroatoms. The van der Waals surface area contributed by atoms with Crippen LogP contribution in [0, 0.1) is 13.8 Å².